The number of rotatable bonds is 8. The molecule has 5 nitrogen and oxygen atoms in total. The molecular formula is C22H29N3O2. The van der Waals surface area contributed by atoms with Crippen molar-refractivity contribution in [2.75, 3.05) is 19.0 Å². The largest absolute Gasteiger partial charge is 0.496 e. The van der Waals surface area contributed by atoms with E-state index < -0.39 is 0 Å². The van der Waals surface area contributed by atoms with Gasteiger partial charge in [-0.05, 0) is 43.9 Å². The second-order valence-electron chi connectivity index (χ2n) is 7.07. The van der Waals surface area contributed by atoms with Crippen LogP contribution in [0.15, 0.2) is 12.1 Å². The van der Waals surface area contributed by atoms with E-state index in [9.17, 15) is 4.79 Å². The van der Waals surface area contributed by atoms with Crippen molar-refractivity contribution in [3.05, 3.63) is 34.6 Å². The fourth-order valence-electron chi connectivity index (χ4n) is 3.61. The maximum Gasteiger partial charge on any atom is 0.163 e. The highest BCUT2D eigenvalue weighted by Crippen LogP contribution is 2.37. The Morgan fingerprint density at radius 1 is 1.11 bits per heavy atom. The van der Waals surface area contributed by atoms with Crippen molar-refractivity contribution in [2.24, 2.45) is 0 Å². The fourth-order valence-corrected chi connectivity index (χ4v) is 3.61. The van der Waals surface area contributed by atoms with Crippen LogP contribution in [0.5, 0.6) is 5.75 Å². The molecule has 0 unspecified atom stereocenters. The second kappa shape index (κ2) is 8.51. The van der Waals surface area contributed by atoms with Crippen LogP contribution in [-0.4, -0.2) is 29.4 Å². The van der Waals surface area contributed by atoms with E-state index in [1.165, 1.54) is 12.8 Å². The van der Waals surface area contributed by atoms with Crippen molar-refractivity contribution < 1.29 is 9.53 Å². The lowest BCUT2D eigenvalue weighted by Crippen LogP contribution is -2.10. The highest BCUT2D eigenvalue weighted by Gasteiger charge is 2.24. The van der Waals surface area contributed by atoms with Gasteiger partial charge in [0.15, 0.2) is 5.78 Å². The van der Waals surface area contributed by atoms with E-state index in [0.29, 0.717) is 12.2 Å². The summed E-state index contributed by atoms with van der Waals surface area (Å²) < 4.78 is 5.59. The average molecular weight is 367 g/mol. The molecule has 1 aliphatic rings. The van der Waals surface area contributed by atoms with Gasteiger partial charge in [-0.15, -0.1) is 0 Å². The van der Waals surface area contributed by atoms with E-state index in [1.807, 2.05) is 13.0 Å². The first-order valence-electron chi connectivity index (χ1n) is 9.94. The summed E-state index contributed by atoms with van der Waals surface area (Å²) in [6, 6.07) is 3.92. The number of Topliss-reactive ketones (excluding diaryl/α,β-unsaturated/α-hetero) is 1. The molecule has 0 bridgehead atoms. The first-order chi connectivity index (χ1) is 13.1. The number of aryl methyl sites for hydroxylation is 3. The van der Waals surface area contributed by atoms with Crippen LogP contribution in [0.25, 0.3) is 11.3 Å². The molecule has 0 aliphatic heterocycles. The van der Waals surface area contributed by atoms with Gasteiger partial charge in [0, 0.05) is 24.1 Å². The third-order valence-electron chi connectivity index (χ3n) is 5.15. The van der Waals surface area contributed by atoms with Gasteiger partial charge in [-0.3, -0.25) is 4.79 Å². The predicted molar refractivity (Wildman–Crippen MR) is 109 cm³/mol. The van der Waals surface area contributed by atoms with E-state index in [4.69, 9.17) is 14.7 Å². The van der Waals surface area contributed by atoms with Crippen LogP contribution < -0.4 is 10.1 Å². The molecule has 1 aromatic carbocycles. The van der Waals surface area contributed by atoms with E-state index >= 15 is 0 Å². The minimum atomic E-state index is 0.193. The second-order valence-corrected chi connectivity index (χ2v) is 7.07. The van der Waals surface area contributed by atoms with Crippen molar-refractivity contribution in [1.82, 2.24) is 9.97 Å². The Bertz CT molecular complexity index is 846. The normalized spacial score (nSPS) is 13.0. The number of methoxy groups -OCH3 is 1. The number of benzene rings is 1. The van der Waals surface area contributed by atoms with Gasteiger partial charge in [0.2, 0.25) is 0 Å². The third-order valence-corrected chi connectivity index (χ3v) is 5.15. The third kappa shape index (κ3) is 3.97. The number of carbonyl (C=O) groups is 1. The van der Waals surface area contributed by atoms with Crippen LogP contribution in [-0.2, 0) is 12.8 Å². The summed E-state index contributed by atoms with van der Waals surface area (Å²) in [5.74, 6) is 1.76. The maximum atomic E-state index is 12.0. The SMILES string of the molecule is CCCCCNc1nc(C)c(-c2cc3c(cc2OC)C(=O)CC3)nc1CC. The van der Waals surface area contributed by atoms with Crippen molar-refractivity contribution in [1.29, 1.82) is 0 Å². The summed E-state index contributed by atoms with van der Waals surface area (Å²) in [6.07, 6.45) is 5.72. The van der Waals surface area contributed by atoms with Crippen LogP contribution in [0.4, 0.5) is 5.82 Å². The molecule has 1 N–H and O–H groups in total. The quantitative estimate of drug-likeness (QED) is 0.682. The topological polar surface area (TPSA) is 64.1 Å². The highest BCUT2D eigenvalue weighted by molar-refractivity contribution is 6.01. The Morgan fingerprint density at radius 2 is 1.93 bits per heavy atom. The van der Waals surface area contributed by atoms with E-state index in [1.54, 1.807) is 7.11 Å². The number of hydrogen-bond donors (Lipinski definition) is 1. The van der Waals surface area contributed by atoms with Gasteiger partial charge in [-0.25, -0.2) is 9.97 Å². The Balaban J connectivity index is 1.98. The summed E-state index contributed by atoms with van der Waals surface area (Å²) in [6.45, 7) is 7.20. The van der Waals surface area contributed by atoms with Crippen molar-refractivity contribution in [3.8, 4) is 17.0 Å². The maximum absolute atomic E-state index is 12.0. The summed E-state index contributed by atoms with van der Waals surface area (Å²) in [5, 5.41) is 3.45. The molecule has 1 heterocycles. The number of aromatic nitrogens is 2. The summed E-state index contributed by atoms with van der Waals surface area (Å²) in [7, 11) is 1.64. The number of nitrogens with zero attached hydrogens (tertiary/aromatic N) is 2. The minimum Gasteiger partial charge on any atom is -0.496 e. The number of ether oxygens (including phenoxy) is 1. The van der Waals surface area contributed by atoms with Gasteiger partial charge in [0.1, 0.15) is 11.6 Å². The zero-order valence-corrected chi connectivity index (χ0v) is 16.8. The fraction of sp³-hybridized carbons (Fsp3) is 0.500. The molecule has 0 radical (unpaired) electrons. The molecule has 0 spiro atoms. The lowest BCUT2D eigenvalue weighted by molar-refractivity contribution is 0.0994. The van der Waals surface area contributed by atoms with Crippen molar-refractivity contribution >= 4 is 11.6 Å². The molecule has 0 atom stereocenters. The lowest BCUT2D eigenvalue weighted by Gasteiger charge is -2.16. The molecule has 27 heavy (non-hydrogen) atoms. The lowest BCUT2D eigenvalue weighted by atomic mass is 10.0. The minimum absolute atomic E-state index is 0.193. The van der Waals surface area contributed by atoms with Crippen LogP contribution in [0.1, 0.15) is 66.8 Å². The predicted octanol–water partition coefficient (Wildman–Crippen LogP) is 4.75. The Hall–Kier alpha value is -2.43. The monoisotopic (exact) mass is 367 g/mol. The Kier molecular flexibility index (Phi) is 6.09. The number of ketones is 1. The van der Waals surface area contributed by atoms with Crippen LogP contribution in [0, 0.1) is 6.92 Å². The van der Waals surface area contributed by atoms with Gasteiger partial charge in [0.05, 0.1) is 24.2 Å². The van der Waals surface area contributed by atoms with Crippen molar-refractivity contribution in [2.45, 2.75) is 59.3 Å². The molecule has 5 heteroatoms. The van der Waals surface area contributed by atoms with E-state index in [0.717, 1.165) is 65.4 Å². The van der Waals surface area contributed by atoms with Crippen molar-refractivity contribution in [3.63, 3.8) is 0 Å². The Labute approximate surface area is 161 Å². The molecule has 0 fully saturated rings. The molecule has 1 aliphatic carbocycles. The average Bonchev–Trinajstić information content (AvgIpc) is 3.04. The van der Waals surface area contributed by atoms with E-state index in [-0.39, 0.29) is 5.78 Å². The number of unbranched alkanes of at least 4 members (excludes halogenated alkanes) is 2. The van der Waals surface area contributed by atoms with Gasteiger partial charge in [-0.1, -0.05) is 26.7 Å². The summed E-state index contributed by atoms with van der Waals surface area (Å²) in [5.41, 5.74) is 5.45. The van der Waals surface area contributed by atoms with Crippen LogP contribution >= 0.6 is 0 Å². The van der Waals surface area contributed by atoms with E-state index in [2.05, 4.69) is 25.2 Å². The first-order valence-corrected chi connectivity index (χ1v) is 9.94. The Morgan fingerprint density at radius 3 is 2.63 bits per heavy atom. The molecule has 0 saturated carbocycles. The van der Waals surface area contributed by atoms with Gasteiger partial charge in [-0.2, -0.15) is 0 Å². The van der Waals surface area contributed by atoms with Gasteiger partial charge >= 0.3 is 0 Å². The molecule has 3 rings (SSSR count). The first kappa shape index (κ1) is 19.3. The summed E-state index contributed by atoms with van der Waals surface area (Å²) >= 11 is 0. The number of carbonyl (C=O) groups excluding carboxylic acids is 1. The highest BCUT2D eigenvalue weighted by atomic mass is 16.5. The standard InChI is InChI=1S/C22H29N3O2/c1-5-7-8-11-23-22-18(6-2)25-21(14(3)24-22)17-12-15-9-10-19(26)16(15)13-20(17)27-4/h12-13H,5-11H2,1-4H3,(H,23,24). The zero-order valence-electron chi connectivity index (χ0n) is 16.8. The molecule has 2 aromatic rings. The molecule has 144 valence electrons. The van der Waals surface area contributed by atoms with Gasteiger partial charge < -0.3 is 10.1 Å². The van der Waals surface area contributed by atoms with Gasteiger partial charge in [0.25, 0.3) is 0 Å². The smallest absolute Gasteiger partial charge is 0.163 e. The molecule has 0 saturated heterocycles. The molecule has 1 aromatic heterocycles. The number of hydrogen-bond acceptors (Lipinski definition) is 5. The van der Waals surface area contributed by atoms with Crippen LogP contribution in [0.2, 0.25) is 0 Å². The number of anilines is 1. The number of fused-ring (bicyclic) bond motifs is 1. The molecular weight excluding hydrogens is 338 g/mol. The number of nitrogens with one attached hydrogen (secondary N) is 1. The molecule has 0 amide bonds. The summed E-state index contributed by atoms with van der Waals surface area (Å²) in [4.78, 5) is 21.8. The zero-order chi connectivity index (χ0) is 19.4. The van der Waals surface area contributed by atoms with Crippen LogP contribution in [0.3, 0.4) is 0 Å².